The zero-order valence-corrected chi connectivity index (χ0v) is 11.4. The van der Waals surface area contributed by atoms with Crippen LogP contribution in [0.1, 0.15) is 13.8 Å². The number of benzene rings is 1. The number of carbonyl (C=O) groups excluding carboxylic acids is 1. The second kappa shape index (κ2) is 5.90. The van der Waals surface area contributed by atoms with Crippen molar-refractivity contribution < 1.29 is 14.1 Å². The SMILES string of the molecule is CC(C)C(Br)C(=O)Nc1cc(F)ccc1[N+](=O)[O-]. The van der Waals surface area contributed by atoms with Crippen LogP contribution in [-0.2, 0) is 4.79 Å². The lowest BCUT2D eigenvalue weighted by atomic mass is 10.1. The van der Waals surface area contributed by atoms with Crippen LogP contribution in [0, 0.1) is 21.8 Å². The number of anilines is 1. The highest BCUT2D eigenvalue weighted by Gasteiger charge is 2.22. The maximum atomic E-state index is 13.0. The highest BCUT2D eigenvalue weighted by molar-refractivity contribution is 9.10. The number of nitro benzene ring substituents is 1. The number of alkyl halides is 1. The number of nitrogens with one attached hydrogen (secondary N) is 1. The molecule has 1 N–H and O–H groups in total. The Balaban J connectivity index is 2.99. The molecule has 0 aliphatic rings. The fourth-order valence-electron chi connectivity index (χ4n) is 1.27. The summed E-state index contributed by atoms with van der Waals surface area (Å²) in [6.07, 6.45) is 0. The van der Waals surface area contributed by atoms with Crippen molar-refractivity contribution >= 4 is 33.2 Å². The summed E-state index contributed by atoms with van der Waals surface area (Å²) in [5, 5.41) is 13.1. The van der Waals surface area contributed by atoms with E-state index in [1.54, 1.807) is 0 Å². The van der Waals surface area contributed by atoms with E-state index in [0.29, 0.717) is 0 Å². The summed E-state index contributed by atoms with van der Waals surface area (Å²) in [6.45, 7) is 3.64. The van der Waals surface area contributed by atoms with Gasteiger partial charge in [-0.3, -0.25) is 14.9 Å². The van der Waals surface area contributed by atoms with E-state index in [0.717, 1.165) is 18.2 Å². The van der Waals surface area contributed by atoms with Crippen molar-refractivity contribution in [3.63, 3.8) is 0 Å². The minimum Gasteiger partial charge on any atom is -0.319 e. The highest BCUT2D eigenvalue weighted by atomic mass is 79.9. The third-order valence-corrected chi connectivity index (χ3v) is 3.72. The molecule has 0 bridgehead atoms. The number of rotatable bonds is 4. The molecule has 0 aliphatic carbocycles. The maximum Gasteiger partial charge on any atom is 0.292 e. The molecular weight excluding hydrogens is 307 g/mol. The zero-order chi connectivity index (χ0) is 13.9. The predicted octanol–water partition coefficient (Wildman–Crippen LogP) is 3.09. The van der Waals surface area contributed by atoms with Crippen molar-refractivity contribution in [2.75, 3.05) is 5.32 Å². The number of halogens is 2. The third-order valence-electron chi connectivity index (χ3n) is 2.25. The number of carbonyl (C=O) groups is 1. The second-order valence-electron chi connectivity index (χ2n) is 4.05. The predicted molar refractivity (Wildman–Crippen MR) is 69.2 cm³/mol. The van der Waals surface area contributed by atoms with Crippen molar-refractivity contribution in [3.05, 3.63) is 34.1 Å². The quantitative estimate of drug-likeness (QED) is 0.526. The summed E-state index contributed by atoms with van der Waals surface area (Å²) >= 11 is 3.17. The van der Waals surface area contributed by atoms with Crippen molar-refractivity contribution in [2.24, 2.45) is 5.92 Å². The first kappa shape index (κ1) is 14.6. The fourth-order valence-corrected chi connectivity index (χ4v) is 1.39. The summed E-state index contributed by atoms with van der Waals surface area (Å²) in [7, 11) is 0. The van der Waals surface area contributed by atoms with Gasteiger partial charge in [-0.05, 0) is 12.0 Å². The normalized spacial score (nSPS) is 12.3. The smallest absolute Gasteiger partial charge is 0.292 e. The van der Waals surface area contributed by atoms with Crippen LogP contribution in [0.3, 0.4) is 0 Å². The lowest BCUT2D eigenvalue weighted by molar-refractivity contribution is -0.384. The highest BCUT2D eigenvalue weighted by Crippen LogP contribution is 2.26. The average molecular weight is 319 g/mol. The van der Waals surface area contributed by atoms with Gasteiger partial charge in [0, 0.05) is 12.1 Å². The van der Waals surface area contributed by atoms with Crippen LogP contribution in [0.4, 0.5) is 15.8 Å². The van der Waals surface area contributed by atoms with E-state index in [9.17, 15) is 19.3 Å². The van der Waals surface area contributed by atoms with Gasteiger partial charge in [0.1, 0.15) is 11.5 Å². The number of hydrogen-bond donors (Lipinski definition) is 1. The van der Waals surface area contributed by atoms with Crippen molar-refractivity contribution in [2.45, 2.75) is 18.7 Å². The maximum absolute atomic E-state index is 13.0. The summed E-state index contributed by atoms with van der Waals surface area (Å²) < 4.78 is 13.0. The Morgan fingerprint density at radius 3 is 2.61 bits per heavy atom. The summed E-state index contributed by atoms with van der Waals surface area (Å²) in [5.74, 6) is -1.08. The van der Waals surface area contributed by atoms with E-state index in [1.165, 1.54) is 0 Å². The van der Waals surface area contributed by atoms with Crippen LogP contribution in [0.25, 0.3) is 0 Å². The van der Waals surface area contributed by atoms with Gasteiger partial charge in [0.05, 0.1) is 9.75 Å². The molecule has 0 radical (unpaired) electrons. The van der Waals surface area contributed by atoms with E-state index in [1.807, 2.05) is 13.8 Å². The van der Waals surface area contributed by atoms with E-state index < -0.39 is 21.5 Å². The molecule has 1 aromatic rings. The van der Waals surface area contributed by atoms with Gasteiger partial charge in [0.2, 0.25) is 5.91 Å². The first-order chi connectivity index (χ1) is 8.32. The summed E-state index contributed by atoms with van der Waals surface area (Å²) in [4.78, 5) is 21.3. The Hall–Kier alpha value is -1.50. The summed E-state index contributed by atoms with van der Waals surface area (Å²) in [5.41, 5.74) is -0.483. The van der Waals surface area contributed by atoms with Crippen molar-refractivity contribution in [1.82, 2.24) is 0 Å². The molecule has 0 spiro atoms. The number of amides is 1. The number of nitrogens with zero attached hydrogens (tertiary/aromatic N) is 1. The van der Waals surface area contributed by atoms with Gasteiger partial charge in [-0.1, -0.05) is 29.8 Å². The molecule has 1 unspecified atom stereocenters. The van der Waals surface area contributed by atoms with E-state index in [-0.39, 0.29) is 17.3 Å². The van der Waals surface area contributed by atoms with Gasteiger partial charge in [-0.15, -0.1) is 0 Å². The van der Waals surface area contributed by atoms with E-state index >= 15 is 0 Å². The Morgan fingerprint density at radius 2 is 2.11 bits per heavy atom. The Morgan fingerprint density at radius 1 is 1.50 bits per heavy atom. The van der Waals surface area contributed by atoms with E-state index in [4.69, 9.17) is 0 Å². The fraction of sp³-hybridized carbons (Fsp3) is 0.364. The molecule has 0 saturated heterocycles. The monoisotopic (exact) mass is 318 g/mol. The first-order valence-corrected chi connectivity index (χ1v) is 6.13. The molecule has 0 fully saturated rings. The molecule has 5 nitrogen and oxygen atoms in total. The van der Waals surface area contributed by atoms with Crippen LogP contribution in [0.5, 0.6) is 0 Å². The lowest BCUT2D eigenvalue weighted by Crippen LogP contribution is -2.27. The minimum atomic E-state index is -0.673. The zero-order valence-electron chi connectivity index (χ0n) is 9.81. The van der Waals surface area contributed by atoms with Crippen molar-refractivity contribution in [3.8, 4) is 0 Å². The molecule has 1 aromatic carbocycles. The Kier molecular flexibility index (Phi) is 4.77. The number of nitro groups is 1. The van der Waals surface area contributed by atoms with Crippen LogP contribution >= 0.6 is 15.9 Å². The van der Waals surface area contributed by atoms with Crippen LogP contribution in [-0.4, -0.2) is 15.7 Å². The molecular formula is C11H12BrFN2O3. The Labute approximate surface area is 112 Å². The van der Waals surface area contributed by atoms with Gasteiger partial charge in [-0.2, -0.15) is 0 Å². The van der Waals surface area contributed by atoms with E-state index in [2.05, 4.69) is 21.2 Å². The largest absolute Gasteiger partial charge is 0.319 e. The molecule has 0 saturated carbocycles. The van der Waals surface area contributed by atoms with Gasteiger partial charge in [-0.25, -0.2) is 4.39 Å². The van der Waals surface area contributed by atoms with Crippen LogP contribution < -0.4 is 5.32 Å². The second-order valence-corrected chi connectivity index (χ2v) is 5.04. The Bertz CT molecular complexity index is 479. The molecule has 0 aliphatic heterocycles. The standard InChI is InChI=1S/C11H12BrFN2O3/c1-6(2)10(12)11(16)14-8-5-7(13)3-4-9(8)15(17)18/h3-6,10H,1-2H3,(H,14,16). The van der Waals surface area contributed by atoms with Gasteiger partial charge >= 0.3 is 0 Å². The summed E-state index contributed by atoms with van der Waals surface area (Å²) in [6, 6.07) is 2.92. The van der Waals surface area contributed by atoms with Gasteiger partial charge in [0.15, 0.2) is 0 Å². The first-order valence-electron chi connectivity index (χ1n) is 5.21. The lowest BCUT2D eigenvalue weighted by Gasteiger charge is -2.13. The topological polar surface area (TPSA) is 72.2 Å². The molecule has 98 valence electrons. The molecule has 7 heteroatoms. The van der Waals surface area contributed by atoms with Crippen LogP contribution in [0.15, 0.2) is 18.2 Å². The molecule has 1 amide bonds. The minimum absolute atomic E-state index is 0.0117. The van der Waals surface area contributed by atoms with Crippen LogP contribution in [0.2, 0.25) is 0 Å². The molecule has 1 atom stereocenters. The average Bonchev–Trinajstić information content (AvgIpc) is 2.27. The number of hydrogen-bond acceptors (Lipinski definition) is 3. The van der Waals surface area contributed by atoms with Gasteiger partial charge in [0.25, 0.3) is 5.69 Å². The van der Waals surface area contributed by atoms with Gasteiger partial charge < -0.3 is 5.32 Å². The molecule has 1 rings (SSSR count). The molecule has 0 aromatic heterocycles. The van der Waals surface area contributed by atoms with Crippen molar-refractivity contribution in [1.29, 1.82) is 0 Å². The third kappa shape index (κ3) is 3.49. The molecule has 0 heterocycles. The molecule has 18 heavy (non-hydrogen) atoms.